The van der Waals surface area contributed by atoms with E-state index in [9.17, 15) is 4.79 Å². The first-order valence-corrected chi connectivity index (χ1v) is 7.61. The van der Waals surface area contributed by atoms with E-state index in [1.165, 1.54) is 0 Å². The number of guanidine groups is 1. The highest BCUT2D eigenvalue weighted by Gasteiger charge is 2.27. The zero-order valence-corrected chi connectivity index (χ0v) is 17.7. The van der Waals surface area contributed by atoms with Crippen molar-refractivity contribution in [1.29, 1.82) is 0 Å². The summed E-state index contributed by atoms with van der Waals surface area (Å²) in [6, 6.07) is 7.93. The predicted molar refractivity (Wildman–Crippen MR) is 109 cm³/mol. The van der Waals surface area contributed by atoms with Crippen LogP contribution in [0.1, 0.15) is 19.4 Å². The van der Waals surface area contributed by atoms with Gasteiger partial charge in [-0.25, -0.2) is 0 Å². The number of ether oxygens (including phenoxy) is 1. The number of amides is 1. The second-order valence-corrected chi connectivity index (χ2v) is 6.07. The van der Waals surface area contributed by atoms with Gasteiger partial charge in [0.05, 0.1) is 12.5 Å². The highest BCUT2D eigenvalue weighted by molar-refractivity contribution is 14.0. The Balaban J connectivity index is 0.00000529. The number of hydrogen-bond acceptors (Lipinski definition) is 3. The highest BCUT2D eigenvalue weighted by Crippen LogP contribution is 2.14. The van der Waals surface area contributed by atoms with Gasteiger partial charge < -0.3 is 20.3 Å². The number of hydrogen-bond donors (Lipinski definition) is 2. The third-order valence-corrected chi connectivity index (χ3v) is 3.68. The Kier molecular flexibility index (Phi) is 9.72. The fourth-order valence-electron chi connectivity index (χ4n) is 2.18. The second-order valence-electron chi connectivity index (χ2n) is 6.07. The first-order chi connectivity index (χ1) is 10.8. The first-order valence-electron chi connectivity index (χ1n) is 7.61. The van der Waals surface area contributed by atoms with Crippen molar-refractivity contribution in [3.05, 3.63) is 29.8 Å². The van der Waals surface area contributed by atoms with Gasteiger partial charge in [0, 0.05) is 34.2 Å². The van der Waals surface area contributed by atoms with E-state index in [0.29, 0.717) is 13.1 Å². The normalized spacial score (nSPS) is 11.3. The van der Waals surface area contributed by atoms with E-state index >= 15 is 0 Å². The van der Waals surface area contributed by atoms with Gasteiger partial charge in [0.25, 0.3) is 0 Å². The van der Waals surface area contributed by atoms with Crippen molar-refractivity contribution in [2.24, 2.45) is 10.4 Å². The average molecular weight is 448 g/mol. The topological polar surface area (TPSA) is 66.0 Å². The molecule has 7 heteroatoms. The summed E-state index contributed by atoms with van der Waals surface area (Å²) < 4.78 is 5.16. The Hall–Kier alpha value is -1.51. The summed E-state index contributed by atoms with van der Waals surface area (Å²) in [7, 11) is 7.00. The third-order valence-electron chi connectivity index (χ3n) is 3.68. The van der Waals surface area contributed by atoms with Crippen molar-refractivity contribution in [2.75, 3.05) is 34.8 Å². The lowest BCUT2D eigenvalue weighted by atomic mass is 9.92. The maximum absolute atomic E-state index is 11.8. The minimum Gasteiger partial charge on any atom is -0.497 e. The summed E-state index contributed by atoms with van der Waals surface area (Å²) in [5, 5.41) is 5.94. The fourth-order valence-corrected chi connectivity index (χ4v) is 2.18. The van der Waals surface area contributed by atoms with E-state index in [-0.39, 0.29) is 29.9 Å². The molecule has 0 bridgehead atoms. The number of nitrogens with zero attached hydrogens (tertiary/aromatic N) is 2. The van der Waals surface area contributed by atoms with Crippen molar-refractivity contribution in [1.82, 2.24) is 15.5 Å². The van der Waals surface area contributed by atoms with Gasteiger partial charge in [-0.05, 0) is 31.5 Å². The number of methoxy groups -OCH3 is 1. The van der Waals surface area contributed by atoms with Gasteiger partial charge in [0.15, 0.2) is 5.96 Å². The van der Waals surface area contributed by atoms with E-state index < -0.39 is 5.41 Å². The van der Waals surface area contributed by atoms with E-state index in [0.717, 1.165) is 17.3 Å². The van der Waals surface area contributed by atoms with Gasteiger partial charge in [-0.1, -0.05) is 12.1 Å². The molecule has 1 rings (SSSR count). The van der Waals surface area contributed by atoms with Crippen LogP contribution in [0.2, 0.25) is 0 Å². The Morgan fingerprint density at radius 1 is 1.29 bits per heavy atom. The molecule has 24 heavy (non-hydrogen) atoms. The van der Waals surface area contributed by atoms with Crippen LogP contribution in [0.4, 0.5) is 0 Å². The maximum atomic E-state index is 11.8. The molecule has 0 aliphatic heterocycles. The number of halogens is 1. The first kappa shape index (κ1) is 22.5. The maximum Gasteiger partial charge on any atom is 0.227 e. The molecule has 0 aliphatic rings. The van der Waals surface area contributed by atoms with Crippen LogP contribution in [0.15, 0.2) is 29.3 Å². The zero-order chi connectivity index (χ0) is 17.5. The molecule has 2 N–H and O–H groups in total. The molecule has 0 aromatic heterocycles. The molecule has 136 valence electrons. The van der Waals surface area contributed by atoms with Crippen molar-refractivity contribution < 1.29 is 9.53 Å². The molecule has 0 atom stereocenters. The minimum atomic E-state index is -0.508. The Morgan fingerprint density at radius 2 is 1.88 bits per heavy atom. The molecule has 0 unspecified atom stereocenters. The number of aliphatic imine (C=N–C) groups is 1. The van der Waals surface area contributed by atoms with E-state index in [4.69, 9.17) is 4.74 Å². The summed E-state index contributed by atoms with van der Waals surface area (Å²) in [6.45, 7) is 5.02. The largest absolute Gasteiger partial charge is 0.497 e. The average Bonchev–Trinajstić information content (AvgIpc) is 2.55. The molecule has 0 heterocycles. The standard InChI is InChI=1S/C17H28N4O2.HI/c1-17(2,15(22)18-3)12-20-16(19-4)21(5)11-13-7-9-14(23-6)10-8-13;/h7-10H,11-12H2,1-6H3,(H,18,22)(H,19,20);1H. The third kappa shape index (κ3) is 6.54. The van der Waals surface area contributed by atoms with Crippen molar-refractivity contribution in [2.45, 2.75) is 20.4 Å². The smallest absolute Gasteiger partial charge is 0.227 e. The predicted octanol–water partition coefficient (Wildman–Crippen LogP) is 2.09. The molecule has 0 fully saturated rings. The monoisotopic (exact) mass is 448 g/mol. The number of carbonyl (C=O) groups is 1. The lowest BCUT2D eigenvalue weighted by molar-refractivity contribution is -0.128. The number of carbonyl (C=O) groups excluding carboxylic acids is 1. The quantitative estimate of drug-likeness (QED) is 0.398. The zero-order valence-electron chi connectivity index (χ0n) is 15.3. The summed E-state index contributed by atoms with van der Waals surface area (Å²) >= 11 is 0. The molecule has 1 aromatic rings. The van der Waals surface area contributed by atoms with E-state index in [1.807, 2.05) is 50.1 Å². The minimum absolute atomic E-state index is 0. The van der Waals surface area contributed by atoms with Crippen LogP contribution in [0.3, 0.4) is 0 Å². The summed E-state index contributed by atoms with van der Waals surface area (Å²) in [5.74, 6) is 1.59. The van der Waals surface area contributed by atoms with Crippen LogP contribution in [0.5, 0.6) is 5.75 Å². The molecule has 0 spiro atoms. The molecule has 0 saturated heterocycles. The Bertz CT molecular complexity index is 544. The van der Waals surface area contributed by atoms with E-state index in [2.05, 4.69) is 15.6 Å². The highest BCUT2D eigenvalue weighted by atomic mass is 127. The lowest BCUT2D eigenvalue weighted by Gasteiger charge is -2.27. The van der Waals surface area contributed by atoms with Gasteiger partial charge in [0.1, 0.15) is 5.75 Å². The van der Waals surface area contributed by atoms with Gasteiger partial charge >= 0.3 is 0 Å². The van der Waals surface area contributed by atoms with Gasteiger partial charge in [0.2, 0.25) is 5.91 Å². The molecule has 1 aromatic carbocycles. The Labute approximate surface area is 162 Å². The van der Waals surface area contributed by atoms with Crippen molar-refractivity contribution in [3.63, 3.8) is 0 Å². The van der Waals surface area contributed by atoms with Crippen molar-refractivity contribution >= 4 is 35.8 Å². The van der Waals surface area contributed by atoms with Crippen LogP contribution < -0.4 is 15.4 Å². The molecule has 0 aliphatic carbocycles. The molecule has 0 radical (unpaired) electrons. The van der Waals surface area contributed by atoms with Crippen LogP contribution in [0, 0.1) is 5.41 Å². The molecular weight excluding hydrogens is 419 g/mol. The van der Waals surface area contributed by atoms with Gasteiger partial charge in [-0.15, -0.1) is 24.0 Å². The summed E-state index contributed by atoms with van der Waals surface area (Å²) in [4.78, 5) is 18.1. The van der Waals surface area contributed by atoms with Gasteiger partial charge in [-0.2, -0.15) is 0 Å². The van der Waals surface area contributed by atoms with Gasteiger partial charge in [-0.3, -0.25) is 9.79 Å². The van der Waals surface area contributed by atoms with Crippen LogP contribution in [-0.4, -0.2) is 51.6 Å². The molecular formula is C17H29IN4O2. The SMILES string of the molecule is CN=C(NCC(C)(C)C(=O)NC)N(C)Cc1ccc(OC)cc1.I. The molecule has 1 amide bonds. The summed E-state index contributed by atoms with van der Waals surface area (Å²) in [5.41, 5.74) is 0.646. The second kappa shape index (κ2) is 10.4. The number of benzene rings is 1. The fraction of sp³-hybridized carbons (Fsp3) is 0.529. The lowest BCUT2D eigenvalue weighted by Crippen LogP contribution is -2.47. The van der Waals surface area contributed by atoms with Crippen LogP contribution in [-0.2, 0) is 11.3 Å². The molecule has 0 saturated carbocycles. The van der Waals surface area contributed by atoms with Crippen LogP contribution in [0.25, 0.3) is 0 Å². The van der Waals surface area contributed by atoms with Crippen molar-refractivity contribution in [3.8, 4) is 5.75 Å². The van der Waals surface area contributed by atoms with E-state index in [1.54, 1.807) is 21.2 Å². The Morgan fingerprint density at radius 3 is 2.33 bits per heavy atom. The number of nitrogens with one attached hydrogen (secondary N) is 2. The van der Waals surface area contributed by atoms with Crippen LogP contribution >= 0.6 is 24.0 Å². The number of rotatable bonds is 6. The summed E-state index contributed by atoms with van der Waals surface area (Å²) in [6.07, 6.45) is 0. The molecule has 6 nitrogen and oxygen atoms in total.